The van der Waals surface area contributed by atoms with Crippen molar-refractivity contribution < 1.29 is 13.2 Å². The minimum absolute atomic E-state index is 0.125. The fourth-order valence-corrected chi connectivity index (χ4v) is 4.17. The predicted octanol–water partition coefficient (Wildman–Crippen LogP) is 7.16. The Hall–Kier alpha value is -1.77. The largest absolute Gasteiger partial charge is 0.208 e. The molecule has 25 heavy (non-hydrogen) atoms. The maximum absolute atomic E-state index is 14.7. The molecular weight excluding hydrogens is 321 g/mol. The van der Waals surface area contributed by atoms with Crippen LogP contribution in [-0.2, 0) is 0 Å². The Balaban J connectivity index is 1.67. The van der Waals surface area contributed by atoms with Crippen LogP contribution >= 0.6 is 0 Å². The van der Waals surface area contributed by atoms with Crippen LogP contribution in [0.15, 0.2) is 60.2 Å². The number of halogens is 3. The number of hydrogen-bond acceptors (Lipinski definition) is 0. The zero-order chi connectivity index (χ0) is 17.8. The molecule has 0 heterocycles. The molecule has 0 N–H and O–H groups in total. The second-order valence-corrected chi connectivity index (χ2v) is 7.24. The van der Waals surface area contributed by atoms with Crippen molar-refractivity contribution in [1.82, 2.24) is 0 Å². The number of benzene rings is 1. The first kappa shape index (κ1) is 18.0. The SMILES string of the molecule is C=CCCC1CCC(C2=CCC(c3ccc(F)cc3)C(F)=C2F)CC1. The van der Waals surface area contributed by atoms with Crippen molar-refractivity contribution in [2.45, 2.75) is 50.9 Å². The molecule has 1 aromatic carbocycles. The van der Waals surface area contributed by atoms with Gasteiger partial charge in [0.15, 0.2) is 5.83 Å². The molecule has 0 aromatic heterocycles. The Morgan fingerprint density at radius 2 is 1.68 bits per heavy atom. The van der Waals surface area contributed by atoms with E-state index in [-0.39, 0.29) is 11.7 Å². The maximum atomic E-state index is 14.7. The molecule has 2 aliphatic carbocycles. The van der Waals surface area contributed by atoms with Crippen LogP contribution in [-0.4, -0.2) is 0 Å². The van der Waals surface area contributed by atoms with Gasteiger partial charge in [0.25, 0.3) is 0 Å². The van der Waals surface area contributed by atoms with Crippen LogP contribution in [0.4, 0.5) is 13.2 Å². The van der Waals surface area contributed by atoms with Crippen molar-refractivity contribution >= 4 is 0 Å². The van der Waals surface area contributed by atoms with Crippen molar-refractivity contribution in [2.75, 3.05) is 0 Å². The Bertz CT molecular complexity index is 661. The summed E-state index contributed by atoms with van der Waals surface area (Å²) in [7, 11) is 0. The topological polar surface area (TPSA) is 0 Å². The quantitative estimate of drug-likeness (QED) is 0.496. The van der Waals surface area contributed by atoms with Crippen molar-refractivity contribution in [2.24, 2.45) is 11.8 Å². The van der Waals surface area contributed by atoms with Crippen LogP contribution in [0.25, 0.3) is 0 Å². The van der Waals surface area contributed by atoms with Gasteiger partial charge < -0.3 is 0 Å². The zero-order valence-electron chi connectivity index (χ0n) is 14.5. The van der Waals surface area contributed by atoms with Crippen molar-refractivity contribution in [1.29, 1.82) is 0 Å². The summed E-state index contributed by atoms with van der Waals surface area (Å²) < 4.78 is 42.4. The summed E-state index contributed by atoms with van der Waals surface area (Å²) in [5, 5.41) is 0. The number of hydrogen-bond donors (Lipinski definition) is 0. The first-order valence-corrected chi connectivity index (χ1v) is 9.22. The lowest BCUT2D eigenvalue weighted by molar-refractivity contribution is 0.283. The minimum atomic E-state index is -0.696. The van der Waals surface area contributed by atoms with E-state index in [1.165, 1.54) is 24.3 Å². The van der Waals surface area contributed by atoms with Gasteiger partial charge in [-0.2, -0.15) is 0 Å². The molecule has 0 spiro atoms. The molecule has 0 bridgehead atoms. The summed E-state index contributed by atoms with van der Waals surface area (Å²) in [6.07, 6.45) is 10.4. The first-order chi connectivity index (χ1) is 12.1. The first-order valence-electron chi connectivity index (χ1n) is 9.22. The molecule has 1 atom stereocenters. The smallest absolute Gasteiger partial charge is 0.158 e. The summed E-state index contributed by atoms with van der Waals surface area (Å²) in [5.74, 6) is -1.57. The molecule has 1 unspecified atom stereocenters. The van der Waals surface area contributed by atoms with Gasteiger partial charge >= 0.3 is 0 Å². The van der Waals surface area contributed by atoms with Crippen LogP contribution in [0.5, 0.6) is 0 Å². The predicted molar refractivity (Wildman–Crippen MR) is 96.0 cm³/mol. The second-order valence-electron chi connectivity index (χ2n) is 7.24. The van der Waals surface area contributed by atoms with Gasteiger partial charge in [0, 0.05) is 5.92 Å². The van der Waals surface area contributed by atoms with Gasteiger partial charge in [-0.25, -0.2) is 13.2 Å². The summed E-state index contributed by atoms with van der Waals surface area (Å²) >= 11 is 0. The molecule has 2 aliphatic rings. The fourth-order valence-electron chi connectivity index (χ4n) is 4.17. The molecule has 0 radical (unpaired) electrons. The van der Waals surface area contributed by atoms with Gasteiger partial charge in [0.05, 0.1) is 0 Å². The van der Waals surface area contributed by atoms with Gasteiger partial charge in [-0.15, -0.1) is 6.58 Å². The van der Waals surface area contributed by atoms with E-state index in [9.17, 15) is 13.2 Å². The Morgan fingerprint density at radius 3 is 2.32 bits per heavy atom. The molecule has 0 aliphatic heterocycles. The average molecular weight is 346 g/mol. The van der Waals surface area contributed by atoms with Crippen LogP contribution < -0.4 is 0 Å². The highest BCUT2D eigenvalue weighted by Gasteiger charge is 2.32. The van der Waals surface area contributed by atoms with Gasteiger partial charge in [-0.1, -0.05) is 24.3 Å². The molecule has 1 aromatic rings. The number of allylic oxidation sites excluding steroid dienone is 5. The molecule has 134 valence electrons. The molecule has 3 heteroatoms. The van der Waals surface area contributed by atoms with E-state index in [4.69, 9.17) is 0 Å². The monoisotopic (exact) mass is 346 g/mol. The van der Waals surface area contributed by atoms with Crippen LogP contribution in [0.2, 0.25) is 0 Å². The fraction of sp³-hybridized carbons (Fsp3) is 0.455. The van der Waals surface area contributed by atoms with Crippen molar-refractivity contribution in [3.63, 3.8) is 0 Å². The van der Waals surface area contributed by atoms with Gasteiger partial charge in [-0.3, -0.25) is 0 Å². The van der Waals surface area contributed by atoms with E-state index in [0.29, 0.717) is 23.5 Å². The van der Waals surface area contributed by atoms with E-state index >= 15 is 0 Å². The normalized spacial score (nSPS) is 27.2. The standard InChI is InChI=1S/C22H25F3/c1-2-3-4-15-5-7-16(8-6-15)19-13-14-20(22(25)21(19)24)17-9-11-18(23)12-10-17/h2,9-13,15-16,20H,1,3-8,14H2. The molecule has 0 nitrogen and oxygen atoms in total. The van der Waals surface area contributed by atoms with Crippen molar-refractivity contribution in [3.8, 4) is 0 Å². The summed E-state index contributed by atoms with van der Waals surface area (Å²) in [6.45, 7) is 3.76. The Morgan fingerprint density at radius 1 is 1.00 bits per heavy atom. The van der Waals surface area contributed by atoms with E-state index in [1.807, 2.05) is 12.2 Å². The summed E-state index contributed by atoms with van der Waals surface area (Å²) in [6, 6.07) is 5.67. The Kier molecular flexibility index (Phi) is 5.82. The third kappa shape index (κ3) is 4.08. The minimum Gasteiger partial charge on any atom is -0.208 e. The highest BCUT2D eigenvalue weighted by Crippen LogP contribution is 2.45. The molecule has 0 saturated heterocycles. The molecule has 1 fully saturated rings. The van der Waals surface area contributed by atoms with Gasteiger partial charge in [0.1, 0.15) is 11.6 Å². The Labute approximate surface area is 148 Å². The van der Waals surface area contributed by atoms with E-state index in [0.717, 1.165) is 38.5 Å². The van der Waals surface area contributed by atoms with E-state index in [1.54, 1.807) is 0 Å². The number of rotatable bonds is 5. The second kappa shape index (κ2) is 8.07. The lowest BCUT2D eigenvalue weighted by Gasteiger charge is -2.31. The average Bonchev–Trinajstić information content (AvgIpc) is 2.64. The van der Waals surface area contributed by atoms with Crippen LogP contribution in [0, 0.1) is 17.7 Å². The van der Waals surface area contributed by atoms with Gasteiger partial charge in [-0.05, 0) is 80.1 Å². The summed E-state index contributed by atoms with van der Waals surface area (Å²) in [5.41, 5.74) is 1.18. The highest BCUT2D eigenvalue weighted by atomic mass is 19.2. The lowest BCUT2D eigenvalue weighted by Crippen LogP contribution is -2.19. The van der Waals surface area contributed by atoms with Gasteiger partial charge in [0.2, 0.25) is 0 Å². The molecule has 1 saturated carbocycles. The van der Waals surface area contributed by atoms with Crippen LogP contribution in [0.1, 0.15) is 56.4 Å². The molecule has 0 amide bonds. The molecule has 3 rings (SSSR count). The maximum Gasteiger partial charge on any atom is 0.158 e. The third-order valence-electron chi connectivity index (χ3n) is 5.68. The molecular formula is C22H25F3. The van der Waals surface area contributed by atoms with E-state index < -0.39 is 17.6 Å². The summed E-state index contributed by atoms with van der Waals surface area (Å²) in [4.78, 5) is 0. The zero-order valence-corrected chi connectivity index (χ0v) is 14.5. The highest BCUT2D eigenvalue weighted by molar-refractivity contribution is 5.40. The van der Waals surface area contributed by atoms with Crippen molar-refractivity contribution in [3.05, 3.63) is 71.6 Å². The van der Waals surface area contributed by atoms with Crippen LogP contribution in [0.3, 0.4) is 0 Å². The third-order valence-corrected chi connectivity index (χ3v) is 5.68. The van der Waals surface area contributed by atoms with E-state index in [2.05, 4.69) is 6.58 Å². The lowest BCUT2D eigenvalue weighted by atomic mass is 9.74.